The molecular formula is C14H18Cl2F2N2O2. The van der Waals surface area contributed by atoms with Crippen LogP contribution in [0.4, 0.5) is 14.5 Å². The van der Waals surface area contributed by atoms with Crippen LogP contribution in [0.2, 0.25) is 5.02 Å². The van der Waals surface area contributed by atoms with Crippen LogP contribution in [0.3, 0.4) is 0 Å². The van der Waals surface area contributed by atoms with E-state index in [0.717, 1.165) is 6.42 Å². The Kier molecular flexibility index (Phi) is 6.84. The minimum absolute atomic E-state index is 0. The van der Waals surface area contributed by atoms with Crippen molar-refractivity contribution in [1.29, 1.82) is 0 Å². The van der Waals surface area contributed by atoms with Crippen LogP contribution >= 0.6 is 24.0 Å². The van der Waals surface area contributed by atoms with Gasteiger partial charge >= 0.3 is 0 Å². The molecule has 0 saturated carbocycles. The van der Waals surface area contributed by atoms with E-state index in [1.54, 1.807) is 12.1 Å². The Labute approximate surface area is 139 Å². The van der Waals surface area contributed by atoms with Gasteiger partial charge in [-0.05, 0) is 24.6 Å². The second kappa shape index (κ2) is 7.94. The molecule has 0 radical (unpaired) electrons. The van der Waals surface area contributed by atoms with Crippen LogP contribution in [0.15, 0.2) is 18.2 Å². The van der Waals surface area contributed by atoms with Crippen LogP contribution < -0.4 is 15.4 Å². The van der Waals surface area contributed by atoms with E-state index in [-0.39, 0.29) is 12.4 Å². The second-order valence-electron chi connectivity index (χ2n) is 4.98. The molecule has 1 unspecified atom stereocenters. The van der Waals surface area contributed by atoms with Crippen molar-refractivity contribution in [2.45, 2.75) is 31.7 Å². The van der Waals surface area contributed by atoms with Gasteiger partial charge in [0.1, 0.15) is 5.75 Å². The van der Waals surface area contributed by atoms with Crippen LogP contribution in [0.25, 0.3) is 0 Å². The van der Waals surface area contributed by atoms with E-state index in [4.69, 9.17) is 16.3 Å². The van der Waals surface area contributed by atoms with Gasteiger partial charge in [-0.15, -0.1) is 12.4 Å². The summed E-state index contributed by atoms with van der Waals surface area (Å²) in [6.45, 7) is 2.05. The molecule has 0 spiro atoms. The zero-order chi connectivity index (χ0) is 15.5. The van der Waals surface area contributed by atoms with Crippen LogP contribution in [0, 0.1) is 0 Å². The molecule has 4 nitrogen and oxygen atoms in total. The van der Waals surface area contributed by atoms with Gasteiger partial charge in [-0.3, -0.25) is 10.1 Å². The molecule has 0 aliphatic carbocycles. The highest BCUT2D eigenvalue weighted by atomic mass is 35.5. The Morgan fingerprint density at radius 3 is 2.82 bits per heavy atom. The number of carbonyl (C=O) groups excluding carboxylic acids is 1. The highest BCUT2D eigenvalue weighted by molar-refractivity contribution is 6.32. The predicted octanol–water partition coefficient (Wildman–Crippen LogP) is 3.49. The van der Waals surface area contributed by atoms with Crippen molar-refractivity contribution in [1.82, 2.24) is 5.32 Å². The minimum atomic E-state index is -2.84. The monoisotopic (exact) mass is 354 g/mol. The molecule has 1 fully saturated rings. The number of amides is 1. The number of rotatable bonds is 5. The van der Waals surface area contributed by atoms with Gasteiger partial charge in [-0.25, -0.2) is 8.78 Å². The molecule has 2 rings (SSSR count). The van der Waals surface area contributed by atoms with Gasteiger partial charge in [0, 0.05) is 12.1 Å². The highest BCUT2D eigenvalue weighted by Gasteiger charge is 2.42. The first-order valence-electron chi connectivity index (χ1n) is 6.76. The minimum Gasteiger partial charge on any atom is -0.492 e. The van der Waals surface area contributed by atoms with Crippen molar-refractivity contribution in [2.24, 2.45) is 0 Å². The summed E-state index contributed by atoms with van der Waals surface area (Å²) in [4.78, 5) is 11.9. The third-order valence-electron chi connectivity index (χ3n) is 3.09. The number of carbonyl (C=O) groups is 1. The van der Waals surface area contributed by atoms with Crippen LogP contribution in [-0.2, 0) is 4.79 Å². The summed E-state index contributed by atoms with van der Waals surface area (Å²) < 4.78 is 31.5. The maximum atomic E-state index is 13.0. The molecule has 1 aliphatic heterocycles. The van der Waals surface area contributed by atoms with Gasteiger partial charge in [0.2, 0.25) is 5.91 Å². The fourth-order valence-electron chi connectivity index (χ4n) is 2.04. The smallest absolute Gasteiger partial charge is 0.262 e. The maximum absolute atomic E-state index is 13.0. The third-order valence-corrected chi connectivity index (χ3v) is 3.38. The summed E-state index contributed by atoms with van der Waals surface area (Å²) in [5, 5.41) is 5.44. The van der Waals surface area contributed by atoms with Crippen molar-refractivity contribution in [3.05, 3.63) is 23.2 Å². The number of alkyl halides is 2. The Morgan fingerprint density at radius 1 is 1.55 bits per heavy atom. The molecule has 1 aliphatic rings. The number of halogens is 4. The lowest BCUT2D eigenvalue weighted by Gasteiger charge is -2.13. The highest BCUT2D eigenvalue weighted by Crippen LogP contribution is 2.29. The van der Waals surface area contributed by atoms with Crippen molar-refractivity contribution in [3.63, 3.8) is 0 Å². The largest absolute Gasteiger partial charge is 0.492 e. The van der Waals surface area contributed by atoms with Gasteiger partial charge in [-0.1, -0.05) is 18.5 Å². The molecular weight excluding hydrogens is 337 g/mol. The topological polar surface area (TPSA) is 50.4 Å². The summed E-state index contributed by atoms with van der Waals surface area (Å²) in [5.74, 6) is -2.80. The normalized spacial score (nSPS) is 19.4. The Hall–Kier alpha value is -1.11. The van der Waals surface area contributed by atoms with Crippen molar-refractivity contribution < 1.29 is 18.3 Å². The number of ether oxygens (including phenoxy) is 1. The SMILES string of the molecule is CCCOc1ccc(NC(=O)C2CC(F)(F)CN2)cc1Cl.Cl. The number of hydrogen-bond donors (Lipinski definition) is 2. The second-order valence-corrected chi connectivity index (χ2v) is 5.38. The molecule has 1 amide bonds. The van der Waals surface area contributed by atoms with Crippen molar-refractivity contribution in [2.75, 3.05) is 18.5 Å². The molecule has 0 bridgehead atoms. The summed E-state index contributed by atoms with van der Waals surface area (Å²) in [6, 6.07) is 3.92. The molecule has 8 heteroatoms. The quantitative estimate of drug-likeness (QED) is 0.850. The summed E-state index contributed by atoms with van der Waals surface area (Å²) in [5.41, 5.74) is 0.450. The lowest BCUT2D eigenvalue weighted by atomic mass is 10.2. The molecule has 1 aromatic carbocycles. The van der Waals surface area contributed by atoms with Gasteiger partial charge < -0.3 is 10.1 Å². The van der Waals surface area contributed by atoms with Gasteiger partial charge in [0.25, 0.3) is 5.92 Å². The molecule has 124 valence electrons. The lowest BCUT2D eigenvalue weighted by Crippen LogP contribution is -2.35. The zero-order valence-corrected chi connectivity index (χ0v) is 13.6. The maximum Gasteiger partial charge on any atom is 0.262 e. The molecule has 1 atom stereocenters. The average molecular weight is 355 g/mol. The summed E-state index contributed by atoms with van der Waals surface area (Å²) >= 11 is 6.04. The number of anilines is 1. The lowest BCUT2D eigenvalue weighted by molar-refractivity contribution is -0.118. The van der Waals surface area contributed by atoms with E-state index in [0.29, 0.717) is 23.1 Å². The Morgan fingerprint density at radius 2 is 2.27 bits per heavy atom. The first kappa shape index (κ1) is 18.9. The standard InChI is InChI=1S/C14H17ClF2N2O2.ClH/c1-2-5-21-12-4-3-9(6-10(12)15)19-13(20)11-7-14(16,17)8-18-11;/h3-4,6,11,18H,2,5,7-8H2,1H3,(H,19,20);1H. The molecule has 1 saturated heterocycles. The molecule has 1 aromatic rings. The van der Waals surface area contributed by atoms with E-state index in [1.165, 1.54) is 6.07 Å². The van der Waals surface area contributed by atoms with E-state index in [9.17, 15) is 13.6 Å². The fourth-order valence-corrected chi connectivity index (χ4v) is 2.27. The van der Waals surface area contributed by atoms with Crippen LogP contribution in [0.1, 0.15) is 19.8 Å². The van der Waals surface area contributed by atoms with Crippen molar-refractivity contribution >= 4 is 35.6 Å². The van der Waals surface area contributed by atoms with Gasteiger partial charge in [0.15, 0.2) is 0 Å². The number of benzene rings is 1. The number of hydrogen-bond acceptors (Lipinski definition) is 3. The first-order valence-corrected chi connectivity index (χ1v) is 7.13. The molecule has 0 aromatic heterocycles. The third kappa shape index (κ3) is 4.97. The molecule has 1 heterocycles. The first-order chi connectivity index (χ1) is 9.91. The fraction of sp³-hybridized carbons (Fsp3) is 0.500. The number of nitrogens with one attached hydrogen (secondary N) is 2. The van der Waals surface area contributed by atoms with Crippen molar-refractivity contribution in [3.8, 4) is 5.75 Å². The van der Waals surface area contributed by atoms with Crippen LogP contribution in [-0.4, -0.2) is 31.0 Å². The Bertz CT molecular complexity index is 530. The summed E-state index contributed by atoms with van der Waals surface area (Å²) in [7, 11) is 0. The zero-order valence-electron chi connectivity index (χ0n) is 12.0. The van der Waals surface area contributed by atoms with E-state index in [1.807, 2.05) is 6.92 Å². The Balaban J connectivity index is 0.00000242. The van der Waals surface area contributed by atoms with Gasteiger partial charge in [-0.2, -0.15) is 0 Å². The average Bonchev–Trinajstić information content (AvgIpc) is 2.78. The predicted molar refractivity (Wildman–Crippen MR) is 84.5 cm³/mol. The molecule has 22 heavy (non-hydrogen) atoms. The van der Waals surface area contributed by atoms with E-state index in [2.05, 4.69) is 10.6 Å². The summed E-state index contributed by atoms with van der Waals surface area (Å²) in [6.07, 6.45) is 0.362. The van der Waals surface area contributed by atoms with Gasteiger partial charge in [0.05, 0.1) is 24.2 Å². The van der Waals surface area contributed by atoms with E-state index < -0.39 is 30.8 Å². The molecule has 2 N–H and O–H groups in total. The van der Waals surface area contributed by atoms with E-state index >= 15 is 0 Å². The van der Waals surface area contributed by atoms with Crippen LogP contribution in [0.5, 0.6) is 5.75 Å².